The maximum Gasteiger partial charge on any atom is 0.341 e. The lowest BCUT2D eigenvalue weighted by Crippen LogP contribution is -2.31. The van der Waals surface area contributed by atoms with Gasteiger partial charge in [0.05, 0.1) is 12.1 Å². The molecule has 0 aromatic heterocycles. The number of ether oxygens (including phenoxy) is 2. The highest BCUT2D eigenvalue weighted by Gasteiger charge is 2.17. The molecule has 1 aromatic carbocycles. The standard InChI is InChI=1S/C17H23NO5/c1-12(18-16(19)10-22-14-4-2-3-5-14)13-6-8-15(9-7-13)23-11-17(20)21/h6-9,12,14H,2-5,10-11H2,1H3,(H,18,19)(H,20,21). The second-order valence-corrected chi connectivity index (χ2v) is 5.76. The molecule has 6 heteroatoms. The van der Waals surface area contributed by atoms with Gasteiger partial charge in [0.25, 0.3) is 0 Å². The minimum atomic E-state index is -1.02. The average molecular weight is 321 g/mol. The van der Waals surface area contributed by atoms with Gasteiger partial charge >= 0.3 is 5.97 Å². The monoisotopic (exact) mass is 321 g/mol. The Hall–Kier alpha value is -2.08. The predicted octanol–water partition coefficient (Wildman–Crippen LogP) is 2.29. The third-order valence-electron chi connectivity index (χ3n) is 3.87. The zero-order valence-electron chi connectivity index (χ0n) is 13.3. The van der Waals surface area contributed by atoms with Crippen molar-refractivity contribution in [2.45, 2.75) is 44.8 Å². The molecule has 23 heavy (non-hydrogen) atoms. The summed E-state index contributed by atoms with van der Waals surface area (Å²) in [6.07, 6.45) is 4.67. The van der Waals surface area contributed by atoms with Crippen LogP contribution >= 0.6 is 0 Å². The molecule has 0 heterocycles. The van der Waals surface area contributed by atoms with Crippen molar-refractivity contribution in [3.05, 3.63) is 29.8 Å². The summed E-state index contributed by atoms with van der Waals surface area (Å²) >= 11 is 0. The third-order valence-corrected chi connectivity index (χ3v) is 3.87. The zero-order valence-corrected chi connectivity index (χ0v) is 13.3. The molecule has 0 radical (unpaired) electrons. The first-order valence-electron chi connectivity index (χ1n) is 7.90. The smallest absolute Gasteiger partial charge is 0.341 e. The molecule has 1 unspecified atom stereocenters. The molecule has 1 aromatic rings. The Balaban J connectivity index is 1.76. The van der Waals surface area contributed by atoms with Crippen LogP contribution < -0.4 is 10.1 Å². The van der Waals surface area contributed by atoms with Crippen molar-refractivity contribution >= 4 is 11.9 Å². The Morgan fingerprint density at radius 2 is 1.87 bits per heavy atom. The van der Waals surface area contributed by atoms with Crippen LogP contribution in [0.3, 0.4) is 0 Å². The molecule has 1 fully saturated rings. The molecule has 2 rings (SSSR count). The number of carboxylic acid groups (broad SMARTS) is 1. The van der Waals surface area contributed by atoms with Crippen molar-refractivity contribution in [1.82, 2.24) is 5.32 Å². The highest BCUT2D eigenvalue weighted by molar-refractivity contribution is 5.77. The van der Waals surface area contributed by atoms with Gasteiger partial charge in [-0.2, -0.15) is 0 Å². The second kappa shape index (κ2) is 8.53. The van der Waals surface area contributed by atoms with Gasteiger partial charge in [0.1, 0.15) is 12.4 Å². The maximum atomic E-state index is 11.9. The van der Waals surface area contributed by atoms with Gasteiger partial charge in [-0.25, -0.2) is 4.79 Å². The van der Waals surface area contributed by atoms with Gasteiger partial charge in [0, 0.05) is 0 Å². The zero-order chi connectivity index (χ0) is 16.7. The molecule has 0 bridgehead atoms. The SMILES string of the molecule is CC(NC(=O)COC1CCCC1)c1ccc(OCC(=O)O)cc1. The van der Waals surface area contributed by atoms with Crippen LogP contribution in [0.4, 0.5) is 0 Å². The summed E-state index contributed by atoms with van der Waals surface area (Å²) in [7, 11) is 0. The van der Waals surface area contributed by atoms with E-state index in [9.17, 15) is 9.59 Å². The number of amides is 1. The Morgan fingerprint density at radius 1 is 1.22 bits per heavy atom. The van der Waals surface area contributed by atoms with E-state index in [0.29, 0.717) is 5.75 Å². The molecule has 0 aliphatic heterocycles. The summed E-state index contributed by atoms with van der Waals surface area (Å²) in [5.74, 6) is -0.660. The Kier molecular flexibility index (Phi) is 6.40. The lowest BCUT2D eigenvalue weighted by Gasteiger charge is -2.16. The Labute approximate surface area is 135 Å². The Morgan fingerprint density at radius 3 is 2.48 bits per heavy atom. The van der Waals surface area contributed by atoms with E-state index in [4.69, 9.17) is 14.6 Å². The van der Waals surface area contributed by atoms with Gasteiger partial charge in [-0.05, 0) is 37.5 Å². The molecule has 1 aliphatic carbocycles. The molecule has 1 saturated carbocycles. The minimum absolute atomic E-state index is 0.0921. The summed E-state index contributed by atoms with van der Waals surface area (Å²) in [6, 6.07) is 6.84. The van der Waals surface area contributed by atoms with Gasteiger partial charge in [-0.15, -0.1) is 0 Å². The number of aliphatic carboxylic acids is 1. The van der Waals surface area contributed by atoms with Crippen molar-refractivity contribution in [3.8, 4) is 5.75 Å². The first-order chi connectivity index (χ1) is 11.0. The largest absolute Gasteiger partial charge is 0.482 e. The molecule has 1 atom stereocenters. The Bertz CT molecular complexity index is 522. The van der Waals surface area contributed by atoms with Crippen molar-refractivity contribution < 1.29 is 24.2 Å². The molecule has 126 valence electrons. The van der Waals surface area contributed by atoms with Crippen LogP contribution in [0, 0.1) is 0 Å². The number of nitrogens with one attached hydrogen (secondary N) is 1. The van der Waals surface area contributed by atoms with Crippen LogP contribution in [0.5, 0.6) is 5.75 Å². The first-order valence-corrected chi connectivity index (χ1v) is 7.90. The van der Waals surface area contributed by atoms with E-state index < -0.39 is 5.97 Å². The van der Waals surface area contributed by atoms with E-state index in [2.05, 4.69) is 5.32 Å². The molecule has 0 spiro atoms. The highest BCUT2D eigenvalue weighted by Crippen LogP contribution is 2.21. The van der Waals surface area contributed by atoms with Crippen molar-refractivity contribution in [1.29, 1.82) is 0 Å². The number of rotatable bonds is 8. The number of benzene rings is 1. The van der Waals surface area contributed by atoms with Gasteiger partial charge < -0.3 is 19.9 Å². The second-order valence-electron chi connectivity index (χ2n) is 5.76. The molecular formula is C17H23NO5. The topological polar surface area (TPSA) is 84.9 Å². The fourth-order valence-corrected chi connectivity index (χ4v) is 2.61. The summed E-state index contributed by atoms with van der Waals surface area (Å²) in [6.45, 7) is 1.61. The predicted molar refractivity (Wildman–Crippen MR) is 84.3 cm³/mol. The van der Waals surface area contributed by atoms with E-state index in [-0.39, 0.29) is 31.3 Å². The fraction of sp³-hybridized carbons (Fsp3) is 0.529. The van der Waals surface area contributed by atoms with E-state index in [1.807, 2.05) is 6.92 Å². The summed E-state index contributed by atoms with van der Waals surface area (Å²) in [5.41, 5.74) is 0.918. The summed E-state index contributed by atoms with van der Waals surface area (Å²) < 4.78 is 10.7. The molecule has 2 N–H and O–H groups in total. The quantitative estimate of drug-likeness (QED) is 0.767. The van der Waals surface area contributed by atoms with Crippen LogP contribution in [-0.4, -0.2) is 36.3 Å². The molecule has 6 nitrogen and oxygen atoms in total. The van der Waals surface area contributed by atoms with Gasteiger partial charge in [0.2, 0.25) is 5.91 Å². The molecule has 0 saturated heterocycles. The molecule has 1 amide bonds. The molecule has 1 aliphatic rings. The van der Waals surface area contributed by atoms with Crippen LogP contribution in [0.1, 0.15) is 44.2 Å². The van der Waals surface area contributed by atoms with Crippen LogP contribution in [0.2, 0.25) is 0 Å². The lowest BCUT2D eigenvalue weighted by atomic mass is 10.1. The van der Waals surface area contributed by atoms with Gasteiger partial charge in [-0.3, -0.25) is 4.79 Å². The molecular weight excluding hydrogens is 298 g/mol. The van der Waals surface area contributed by atoms with Crippen LogP contribution in [0.15, 0.2) is 24.3 Å². The lowest BCUT2D eigenvalue weighted by molar-refractivity contribution is -0.139. The van der Waals surface area contributed by atoms with Crippen LogP contribution in [-0.2, 0) is 14.3 Å². The summed E-state index contributed by atoms with van der Waals surface area (Å²) in [5, 5.41) is 11.5. The van der Waals surface area contributed by atoms with Crippen molar-refractivity contribution in [2.24, 2.45) is 0 Å². The van der Waals surface area contributed by atoms with E-state index in [1.165, 1.54) is 12.8 Å². The van der Waals surface area contributed by atoms with Crippen LogP contribution in [0.25, 0.3) is 0 Å². The van der Waals surface area contributed by atoms with Gasteiger partial charge in [-0.1, -0.05) is 25.0 Å². The van der Waals surface area contributed by atoms with Crippen molar-refractivity contribution in [3.63, 3.8) is 0 Å². The third kappa shape index (κ3) is 5.90. The van der Waals surface area contributed by atoms with E-state index in [1.54, 1.807) is 24.3 Å². The van der Waals surface area contributed by atoms with E-state index >= 15 is 0 Å². The minimum Gasteiger partial charge on any atom is -0.482 e. The first kappa shape index (κ1) is 17.3. The number of carbonyl (C=O) groups is 2. The maximum absolute atomic E-state index is 11.9. The number of hydrogen-bond acceptors (Lipinski definition) is 4. The van der Waals surface area contributed by atoms with E-state index in [0.717, 1.165) is 18.4 Å². The van der Waals surface area contributed by atoms with Gasteiger partial charge in [0.15, 0.2) is 6.61 Å². The number of hydrogen-bond donors (Lipinski definition) is 2. The number of carbonyl (C=O) groups excluding carboxylic acids is 1. The van der Waals surface area contributed by atoms with Crippen molar-refractivity contribution in [2.75, 3.05) is 13.2 Å². The highest BCUT2D eigenvalue weighted by atomic mass is 16.5. The normalized spacial score (nSPS) is 16.0. The average Bonchev–Trinajstić information content (AvgIpc) is 3.05. The number of carboxylic acids is 1. The summed E-state index contributed by atoms with van der Waals surface area (Å²) in [4.78, 5) is 22.3. The fourth-order valence-electron chi connectivity index (χ4n) is 2.61.